The lowest BCUT2D eigenvalue weighted by Crippen LogP contribution is -2.25. The molecule has 0 amide bonds. The van der Waals surface area contributed by atoms with Gasteiger partial charge in [0, 0.05) is 12.4 Å². The number of halogens is 2. The maximum absolute atomic E-state index is 6.41. The minimum atomic E-state index is 0.276. The normalized spacial score (nSPS) is 33.8. The molecule has 0 aromatic carbocycles. The van der Waals surface area contributed by atoms with Crippen LogP contribution >= 0.6 is 23.2 Å². The van der Waals surface area contributed by atoms with E-state index >= 15 is 0 Å². The highest BCUT2D eigenvalue weighted by Crippen LogP contribution is 2.61. The molecule has 2 fully saturated rings. The molecule has 0 radical (unpaired) electrons. The van der Waals surface area contributed by atoms with Crippen molar-refractivity contribution in [3.63, 3.8) is 0 Å². The third-order valence-electron chi connectivity index (χ3n) is 4.74. The molecule has 2 nitrogen and oxygen atoms in total. The highest BCUT2D eigenvalue weighted by molar-refractivity contribution is 6.31. The lowest BCUT2D eigenvalue weighted by molar-refractivity contribution is 0.294. The van der Waals surface area contributed by atoms with Crippen LogP contribution < -0.4 is 0 Å². The van der Waals surface area contributed by atoms with Gasteiger partial charge in [-0.15, -0.1) is 11.6 Å². The summed E-state index contributed by atoms with van der Waals surface area (Å²) in [5, 5.41) is 5.36. The Hall–Kier alpha value is -0.210. The monoisotopic (exact) mass is 286 g/mol. The fourth-order valence-corrected chi connectivity index (χ4v) is 4.21. The largest absolute Gasteiger partial charge is 0.268 e. The summed E-state index contributed by atoms with van der Waals surface area (Å²) in [6.07, 6.45) is 4.99. The predicted molar refractivity (Wildman–Crippen MR) is 75.3 cm³/mol. The van der Waals surface area contributed by atoms with Crippen molar-refractivity contribution in [2.45, 2.75) is 46.1 Å². The van der Waals surface area contributed by atoms with E-state index in [1.54, 1.807) is 0 Å². The molecule has 0 aliphatic heterocycles. The molecule has 2 atom stereocenters. The molecule has 0 saturated heterocycles. The van der Waals surface area contributed by atoms with Crippen LogP contribution in [-0.2, 0) is 13.0 Å². The van der Waals surface area contributed by atoms with Gasteiger partial charge in [0.1, 0.15) is 0 Å². The second-order valence-corrected chi connectivity index (χ2v) is 6.78. The Morgan fingerprint density at radius 3 is 2.61 bits per heavy atom. The number of aryl methyl sites for hydroxylation is 2. The first kappa shape index (κ1) is 12.8. The maximum atomic E-state index is 6.41. The Morgan fingerprint density at radius 2 is 2.06 bits per heavy atom. The van der Waals surface area contributed by atoms with Gasteiger partial charge in [-0.3, -0.25) is 4.68 Å². The summed E-state index contributed by atoms with van der Waals surface area (Å²) < 4.78 is 2.05. The first-order valence-corrected chi connectivity index (χ1v) is 7.77. The topological polar surface area (TPSA) is 17.8 Å². The van der Waals surface area contributed by atoms with Gasteiger partial charge >= 0.3 is 0 Å². The summed E-state index contributed by atoms with van der Waals surface area (Å²) >= 11 is 12.7. The van der Waals surface area contributed by atoms with Crippen LogP contribution in [0.3, 0.4) is 0 Å². The third kappa shape index (κ3) is 1.98. The molecule has 2 saturated carbocycles. The van der Waals surface area contributed by atoms with Crippen molar-refractivity contribution in [3.05, 3.63) is 16.4 Å². The molecule has 100 valence electrons. The zero-order valence-electron chi connectivity index (χ0n) is 11.0. The lowest BCUT2D eigenvalue weighted by atomic mass is 9.80. The number of rotatable bonds is 4. The van der Waals surface area contributed by atoms with E-state index in [1.807, 2.05) is 6.92 Å². The number of alkyl halides is 1. The first-order valence-electron chi connectivity index (χ1n) is 6.86. The molecule has 4 heteroatoms. The minimum absolute atomic E-state index is 0.276. The van der Waals surface area contributed by atoms with Gasteiger partial charge in [-0.05, 0) is 56.8 Å². The fourth-order valence-electron chi connectivity index (χ4n) is 3.70. The van der Waals surface area contributed by atoms with Crippen molar-refractivity contribution in [1.82, 2.24) is 9.78 Å². The number of nitrogens with zero attached hydrogens (tertiary/aromatic N) is 2. The highest BCUT2D eigenvalue weighted by Gasteiger charge is 2.53. The van der Waals surface area contributed by atoms with Crippen molar-refractivity contribution in [2.75, 3.05) is 5.88 Å². The second kappa shape index (κ2) is 4.42. The summed E-state index contributed by atoms with van der Waals surface area (Å²) in [6.45, 7) is 4.98. The molecule has 3 rings (SSSR count). The molecule has 18 heavy (non-hydrogen) atoms. The van der Waals surface area contributed by atoms with Crippen LogP contribution in [0.1, 0.15) is 37.6 Å². The zero-order chi connectivity index (χ0) is 12.9. The van der Waals surface area contributed by atoms with E-state index < -0.39 is 0 Å². The molecular weight excluding hydrogens is 267 g/mol. The number of aromatic nitrogens is 2. The number of hydrogen-bond donors (Lipinski definition) is 0. The van der Waals surface area contributed by atoms with Crippen LogP contribution in [0, 0.1) is 24.2 Å². The van der Waals surface area contributed by atoms with E-state index in [9.17, 15) is 0 Å². The number of fused-ring (bicyclic) bond motifs is 1. The Bertz CT molecular complexity index is 457. The summed E-state index contributed by atoms with van der Waals surface area (Å²) in [5.74, 6) is 2.65. The first-order chi connectivity index (χ1) is 8.58. The minimum Gasteiger partial charge on any atom is -0.268 e. The Kier molecular flexibility index (Phi) is 3.14. The van der Waals surface area contributed by atoms with Gasteiger partial charge in [0.25, 0.3) is 0 Å². The fraction of sp³-hybridized carbons (Fsp3) is 0.786. The van der Waals surface area contributed by atoms with E-state index in [4.69, 9.17) is 23.2 Å². The summed E-state index contributed by atoms with van der Waals surface area (Å²) in [5.41, 5.74) is 2.41. The molecule has 0 spiro atoms. The van der Waals surface area contributed by atoms with Gasteiger partial charge in [-0.1, -0.05) is 11.6 Å². The van der Waals surface area contributed by atoms with Crippen LogP contribution in [0.25, 0.3) is 0 Å². The van der Waals surface area contributed by atoms with E-state index in [1.165, 1.54) is 25.0 Å². The molecular formula is C14H20Cl2N2. The zero-order valence-corrected chi connectivity index (χ0v) is 12.6. The van der Waals surface area contributed by atoms with Crippen molar-refractivity contribution in [2.24, 2.45) is 17.3 Å². The van der Waals surface area contributed by atoms with Crippen molar-refractivity contribution >= 4 is 23.2 Å². The third-order valence-corrected chi connectivity index (χ3v) is 5.80. The van der Waals surface area contributed by atoms with Gasteiger partial charge in [-0.2, -0.15) is 5.10 Å². The van der Waals surface area contributed by atoms with Crippen LogP contribution in [0.15, 0.2) is 0 Å². The molecule has 0 N–H and O–H groups in total. The maximum Gasteiger partial charge on any atom is 0.0847 e. The summed E-state index contributed by atoms with van der Waals surface area (Å²) in [7, 11) is 0. The molecule has 1 aromatic heterocycles. The SMILES string of the molecule is CCn1nc(C)c(Cl)c1CC1(CCl)CC2CC2C1. The lowest BCUT2D eigenvalue weighted by Gasteiger charge is -2.28. The van der Waals surface area contributed by atoms with Gasteiger partial charge in [0.2, 0.25) is 0 Å². The summed E-state index contributed by atoms with van der Waals surface area (Å²) in [4.78, 5) is 0. The molecule has 1 heterocycles. The molecule has 2 aliphatic carbocycles. The second-order valence-electron chi connectivity index (χ2n) is 6.14. The Labute approximate surface area is 119 Å². The van der Waals surface area contributed by atoms with E-state index in [0.717, 1.165) is 41.4 Å². The van der Waals surface area contributed by atoms with E-state index in [0.29, 0.717) is 0 Å². The molecule has 0 bridgehead atoms. The number of hydrogen-bond acceptors (Lipinski definition) is 1. The van der Waals surface area contributed by atoms with Crippen LogP contribution in [-0.4, -0.2) is 15.7 Å². The van der Waals surface area contributed by atoms with Crippen LogP contribution in [0.4, 0.5) is 0 Å². The molecule has 2 unspecified atom stereocenters. The van der Waals surface area contributed by atoms with Crippen molar-refractivity contribution in [1.29, 1.82) is 0 Å². The van der Waals surface area contributed by atoms with Gasteiger partial charge in [0.05, 0.1) is 16.4 Å². The average Bonchev–Trinajstić information content (AvgIpc) is 2.90. The van der Waals surface area contributed by atoms with Gasteiger partial charge in [-0.25, -0.2) is 0 Å². The molecule has 2 aliphatic rings. The van der Waals surface area contributed by atoms with E-state index in [2.05, 4.69) is 16.7 Å². The van der Waals surface area contributed by atoms with Gasteiger partial charge in [0.15, 0.2) is 0 Å². The molecule has 1 aromatic rings. The quantitative estimate of drug-likeness (QED) is 0.763. The van der Waals surface area contributed by atoms with E-state index in [-0.39, 0.29) is 5.41 Å². The Morgan fingerprint density at radius 1 is 1.39 bits per heavy atom. The highest BCUT2D eigenvalue weighted by atomic mass is 35.5. The van der Waals surface area contributed by atoms with Crippen LogP contribution in [0.5, 0.6) is 0 Å². The average molecular weight is 287 g/mol. The van der Waals surface area contributed by atoms with Gasteiger partial charge < -0.3 is 0 Å². The Balaban J connectivity index is 1.87. The smallest absolute Gasteiger partial charge is 0.0847 e. The summed E-state index contributed by atoms with van der Waals surface area (Å²) in [6, 6.07) is 0. The standard InChI is InChI=1S/C14H20Cl2N2/c1-3-18-12(13(16)9(2)17-18)7-14(8-15)5-10-4-11(10)6-14/h10-11H,3-8H2,1-2H3. The van der Waals surface area contributed by atoms with Crippen molar-refractivity contribution in [3.8, 4) is 0 Å². The van der Waals surface area contributed by atoms with Crippen molar-refractivity contribution < 1.29 is 0 Å². The predicted octanol–water partition coefficient (Wildman–Crippen LogP) is 4.06. The van der Waals surface area contributed by atoms with Crippen LogP contribution in [0.2, 0.25) is 5.02 Å².